The van der Waals surface area contributed by atoms with Crippen molar-refractivity contribution in [2.45, 2.75) is 24.2 Å². The van der Waals surface area contributed by atoms with Crippen LogP contribution in [0, 0.1) is 6.92 Å². The number of hydrogen-bond acceptors (Lipinski definition) is 0. The number of fused-ring (bicyclic) bond motifs is 5. The molecule has 0 saturated heterocycles. The van der Waals surface area contributed by atoms with Gasteiger partial charge >= 0.3 is 209 Å². The standard InChI is InChI=1S/C32H29GeN2/c1-20-11-13-25-26-18-22(21-9-7-6-8-10-21)12-14-27(26)35-28-19-24(33(2,3)4)17-23-15-16-34(5)32(30(23)28)29(20)31(25)35/h6-19H,1-5H3/q+1. The van der Waals surface area contributed by atoms with Gasteiger partial charge in [-0.25, -0.2) is 0 Å². The van der Waals surface area contributed by atoms with E-state index in [0.717, 1.165) is 0 Å². The zero-order valence-corrected chi connectivity index (χ0v) is 23.1. The molecule has 3 heterocycles. The van der Waals surface area contributed by atoms with Gasteiger partial charge in [0.15, 0.2) is 0 Å². The van der Waals surface area contributed by atoms with Gasteiger partial charge in [-0.3, -0.25) is 0 Å². The Balaban J connectivity index is 1.77. The Morgan fingerprint density at radius 2 is 1.51 bits per heavy atom. The maximum absolute atomic E-state index is 2.56. The summed E-state index contributed by atoms with van der Waals surface area (Å²) in [4.78, 5) is 0. The minimum absolute atomic E-state index is 1.26. The number of aromatic nitrogens is 2. The molecule has 7 rings (SSSR count). The maximum atomic E-state index is 2.56. The van der Waals surface area contributed by atoms with Crippen molar-refractivity contribution in [3.63, 3.8) is 0 Å². The van der Waals surface area contributed by atoms with Crippen LogP contribution in [-0.2, 0) is 7.05 Å². The summed E-state index contributed by atoms with van der Waals surface area (Å²) in [7, 11) is 2.19. The molecule has 0 saturated carbocycles. The normalized spacial score (nSPS) is 12.7. The van der Waals surface area contributed by atoms with Gasteiger partial charge in [0.2, 0.25) is 0 Å². The molecule has 4 aromatic carbocycles. The SMILES string of the molecule is Cc1ccc2c3cc(-c4ccccc4)ccc3n3c4c[c]([Ge]([CH3])([CH3])[CH3])cc5cc[n+](C)c(c1c23)c54. The zero-order chi connectivity index (χ0) is 24.1. The van der Waals surface area contributed by atoms with Crippen LogP contribution in [0.3, 0.4) is 0 Å². The van der Waals surface area contributed by atoms with Crippen molar-refractivity contribution in [2.24, 2.45) is 7.05 Å². The Hall–Kier alpha value is -3.37. The van der Waals surface area contributed by atoms with Crippen molar-refractivity contribution in [2.75, 3.05) is 0 Å². The van der Waals surface area contributed by atoms with E-state index in [0.29, 0.717) is 0 Å². The van der Waals surface area contributed by atoms with E-state index in [2.05, 4.69) is 125 Å². The quantitative estimate of drug-likeness (QED) is 0.0989. The monoisotopic (exact) mass is 515 g/mol. The third kappa shape index (κ3) is 2.86. The van der Waals surface area contributed by atoms with Gasteiger partial charge in [0.1, 0.15) is 0 Å². The summed E-state index contributed by atoms with van der Waals surface area (Å²) in [6.07, 6.45) is 2.24. The fraction of sp³-hybridized carbons (Fsp3) is 0.156. The Kier molecular flexibility index (Phi) is 4.24. The zero-order valence-electron chi connectivity index (χ0n) is 21.0. The Bertz CT molecular complexity index is 1940. The van der Waals surface area contributed by atoms with Crippen LogP contribution in [0.2, 0.25) is 17.3 Å². The molecule has 0 unspecified atom stereocenters. The first-order valence-corrected chi connectivity index (χ1v) is 19.8. The molecule has 0 radical (unpaired) electrons. The molecule has 7 aromatic rings. The summed E-state index contributed by atoms with van der Waals surface area (Å²) >= 11 is -2.06. The first kappa shape index (κ1) is 21.0. The Labute approximate surface area is 208 Å². The molecular weight excluding hydrogens is 485 g/mol. The van der Waals surface area contributed by atoms with Gasteiger partial charge in [0, 0.05) is 0 Å². The van der Waals surface area contributed by atoms with Crippen molar-refractivity contribution in [1.29, 1.82) is 0 Å². The molecule has 2 nitrogen and oxygen atoms in total. The predicted molar refractivity (Wildman–Crippen MR) is 153 cm³/mol. The van der Waals surface area contributed by atoms with E-state index >= 15 is 0 Å². The van der Waals surface area contributed by atoms with Gasteiger partial charge in [0.05, 0.1) is 0 Å². The molecule has 0 aliphatic rings. The molecule has 0 fully saturated rings. The molecule has 0 aliphatic heterocycles. The summed E-state index contributed by atoms with van der Waals surface area (Å²) in [6, 6.07) is 29.7. The third-order valence-electron chi connectivity index (χ3n) is 7.80. The van der Waals surface area contributed by atoms with Gasteiger partial charge < -0.3 is 0 Å². The molecule has 0 atom stereocenters. The molecule has 3 heteroatoms. The molecule has 3 aromatic heterocycles. The molecule has 0 amide bonds. The summed E-state index contributed by atoms with van der Waals surface area (Å²) in [5.41, 5.74) is 9.18. The van der Waals surface area contributed by atoms with Gasteiger partial charge in [-0.1, -0.05) is 0 Å². The molecule has 0 spiro atoms. The third-order valence-corrected chi connectivity index (χ3v) is 12.0. The van der Waals surface area contributed by atoms with E-state index in [4.69, 9.17) is 0 Å². The topological polar surface area (TPSA) is 8.29 Å². The van der Waals surface area contributed by atoms with E-state index < -0.39 is 13.3 Å². The molecule has 0 aliphatic carbocycles. The second-order valence-corrected chi connectivity index (χ2v) is 21.7. The van der Waals surface area contributed by atoms with Crippen LogP contribution in [-0.4, -0.2) is 17.7 Å². The van der Waals surface area contributed by atoms with E-state index in [1.54, 1.807) is 4.40 Å². The van der Waals surface area contributed by atoms with E-state index in [-0.39, 0.29) is 0 Å². The van der Waals surface area contributed by atoms with Crippen LogP contribution < -0.4 is 8.96 Å². The number of pyridine rings is 2. The molecular formula is C32H29GeN2+. The van der Waals surface area contributed by atoms with Crippen LogP contribution in [0.15, 0.2) is 85.1 Å². The average Bonchev–Trinajstić information content (AvgIpc) is 3.18. The molecule has 35 heavy (non-hydrogen) atoms. The van der Waals surface area contributed by atoms with Gasteiger partial charge in [-0.2, -0.15) is 0 Å². The summed E-state index contributed by atoms with van der Waals surface area (Å²) in [5, 5.41) is 6.76. The van der Waals surface area contributed by atoms with E-state index in [1.807, 2.05) is 0 Å². The second kappa shape index (κ2) is 7.08. The van der Waals surface area contributed by atoms with E-state index in [9.17, 15) is 0 Å². The van der Waals surface area contributed by atoms with Crippen LogP contribution >= 0.6 is 0 Å². The predicted octanol–water partition coefficient (Wildman–Crippen LogP) is 7.34. The molecule has 170 valence electrons. The molecule has 0 N–H and O–H groups in total. The average molecular weight is 514 g/mol. The van der Waals surface area contributed by atoms with Gasteiger partial charge in [0.25, 0.3) is 0 Å². The van der Waals surface area contributed by atoms with Gasteiger partial charge in [-0.15, -0.1) is 0 Å². The van der Waals surface area contributed by atoms with Crippen molar-refractivity contribution in [1.82, 2.24) is 4.40 Å². The number of hydrogen-bond donors (Lipinski definition) is 0. The second-order valence-electron chi connectivity index (χ2n) is 11.1. The first-order valence-electron chi connectivity index (χ1n) is 12.4. The van der Waals surface area contributed by atoms with Crippen LogP contribution in [0.1, 0.15) is 5.56 Å². The summed E-state index contributed by atoms with van der Waals surface area (Å²) in [5.74, 6) is 7.48. The van der Waals surface area contributed by atoms with Gasteiger partial charge in [-0.05, 0) is 0 Å². The number of benzene rings is 4. The Morgan fingerprint density at radius 3 is 2.29 bits per heavy atom. The molecule has 0 bridgehead atoms. The van der Waals surface area contributed by atoms with Crippen molar-refractivity contribution in [3.05, 3.63) is 90.6 Å². The van der Waals surface area contributed by atoms with Crippen molar-refractivity contribution < 1.29 is 4.57 Å². The fourth-order valence-corrected chi connectivity index (χ4v) is 8.39. The number of rotatable bonds is 2. The fourth-order valence-electron chi connectivity index (χ4n) is 5.96. The first-order chi connectivity index (χ1) is 16.8. The van der Waals surface area contributed by atoms with E-state index in [1.165, 1.54) is 65.7 Å². The van der Waals surface area contributed by atoms with Crippen LogP contribution in [0.25, 0.3) is 60.1 Å². The van der Waals surface area contributed by atoms with Crippen LogP contribution in [0.4, 0.5) is 0 Å². The van der Waals surface area contributed by atoms with Crippen molar-refractivity contribution in [3.8, 4) is 11.1 Å². The minimum atomic E-state index is -2.06. The van der Waals surface area contributed by atoms with Crippen LogP contribution in [0.5, 0.6) is 0 Å². The number of aryl methyl sites for hydroxylation is 2. The van der Waals surface area contributed by atoms with Crippen molar-refractivity contribution >= 4 is 66.7 Å². The summed E-state index contributed by atoms with van der Waals surface area (Å²) < 4.78 is 6.44. The summed E-state index contributed by atoms with van der Waals surface area (Å²) in [6.45, 7) is 2.26. The Morgan fingerprint density at radius 1 is 0.714 bits per heavy atom. The number of nitrogens with zero attached hydrogens (tertiary/aromatic N) is 2.